The molecule has 0 N–H and O–H groups in total. The lowest BCUT2D eigenvalue weighted by molar-refractivity contribution is -0.167. The molecule has 0 saturated carbocycles. The van der Waals surface area contributed by atoms with Crippen LogP contribution >= 0.6 is 0 Å². The van der Waals surface area contributed by atoms with Crippen LogP contribution in [0.1, 0.15) is 265 Å². The first-order valence-electron chi connectivity index (χ1n) is 28.1. The summed E-state index contributed by atoms with van der Waals surface area (Å²) >= 11 is 0. The average Bonchev–Trinajstić information content (AvgIpc) is 3.33. The average molecular weight is 933 g/mol. The monoisotopic (exact) mass is 933 g/mol. The lowest BCUT2D eigenvalue weighted by atomic mass is 10.1. The Morgan fingerprint density at radius 3 is 0.985 bits per heavy atom. The van der Waals surface area contributed by atoms with Crippen LogP contribution in [-0.4, -0.2) is 37.2 Å². The Kier molecular flexibility index (Phi) is 52.4. The van der Waals surface area contributed by atoms with Crippen LogP contribution in [0.15, 0.2) is 85.1 Å². The summed E-state index contributed by atoms with van der Waals surface area (Å²) < 4.78 is 16.8. The Morgan fingerprint density at radius 2 is 0.582 bits per heavy atom. The molecule has 0 rings (SSSR count). The summed E-state index contributed by atoms with van der Waals surface area (Å²) in [5.74, 6) is -0.946. The molecular weight excluding hydrogens is 829 g/mol. The van der Waals surface area contributed by atoms with E-state index >= 15 is 0 Å². The number of allylic oxidation sites excluding steroid dienone is 14. The molecule has 0 aliphatic carbocycles. The molecule has 0 saturated heterocycles. The molecule has 384 valence electrons. The number of ether oxygens (including phenoxy) is 3. The zero-order valence-corrected chi connectivity index (χ0v) is 43.9. The molecule has 0 aromatic rings. The van der Waals surface area contributed by atoms with E-state index in [0.717, 1.165) is 96.3 Å². The van der Waals surface area contributed by atoms with E-state index in [9.17, 15) is 14.4 Å². The van der Waals surface area contributed by atoms with Gasteiger partial charge in [-0.05, 0) is 116 Å². The lowest BCUT2D eigenvalue weighted by Crippen LogP contribution is -2.30. The minimum atomic E-state index is -0.800. The van der Waals surface area contributed by atoms with Crippen LogP contribution in [0.4, 0.5) is 0 Å². The minimum Gasteiger partial charge on any atom is -0.462 e. The van der Waals surface area contributed by atoms with Crippen LogP contribution in [-0.2, 0) is 28.6 Å². The summed E-state index contributed by atoms with van der Waals surface area (Å²) in [6.45, 7) is 6.46. The van der Waals surface area contributed by atoms with E-state index < -0.39 is 6.10 Å². The van der Waals surface area contributed by atoms with Crippen molar-refractivity contribution in [2.45, 2.75) is 271 Å². The van der Waals surface area contributed by atoms with Crippen molar-refractivity contribution in [2.75, 3.05) is 13.2 Å². The molecule has 67 heavy (non-hydrogen) atoms. The molecule has 0 bridgehead atoms. The lowest BCUT2D eigenvalue weighted by Gasteiger charge is -2.18. The predicted octanol–water partition coefficient (Wildman–Crippen LogP) is 18.8. The molecule has 6 heteroatoms. The normalized spacial score (nSPS) is 12.7. The number of esters is 3. The molecule has 0 aliphatic rings. The SMILES string of the molecule is CC/C=C\C/C=C\C/C=C\C/C=C\CCCCC(=O)OC[C@H](COC(=O)CCCCCCCCC/C=C\C/C=C\CCCCC)OC(=O)CCCCCCCCC/C=C\CCCCCCCC. The van der Waals surface area contributed by atoms with E-state index in [1.807, 2.05) is 0 Å². The Hall–Kier alpha value is -3.41. The minimum absolute atomic E-state index is 0.0956. The van der Waals surface area contributed by atoms with E-state index in [-0.39, 0.29) is 31.1 Å². The van der Waals surface area contributed by atoms with Gasteiger partial charge in [0.15, 0.2) is 6.10 Å². The quantitative estimate of drug-likeness (QED) is 0.0262. The fraction of sp³-hybridized carbons (Fsp3) is 0.721. The first-order chi connectivity index (χ1) is 33.0. The third kappa shape index (κ3) is 53.4. The number of hydrogen-bond acceptors (Lipinski definition) is 6. The van der Waals surface area contributed by atoms with Crippen molar-refractivity contribution in [1.82, 2.24) is 0 Å². The van der Waals surface area contributed by atoms with Crippen molar-refractivity contribution in [3.05, 3.63) is 85.1 Å². The molecule has 0 spiro atoms. The molecule has 1 atom stereocenters. The summed E-state index contributed by atoms with van der Waals surface area (Å²) in [6, 6.07) is 0. The van der Waals surface area contributed by atoms with Gasteiger partial charge in [-0.1, -0.05) is 215 Å². The fourth-order valence-electron chi connectivity index (χ4n) is 7.63. The highest BCUT2D eigenvalue weighted by atomic mass is 16.6. The van der Waals surface area contributed by atoms with Gasteiger partial charge in [0.2, 0.25) is 0 Å². The third-order valence-corrected chi connectivity index (χ3v) is 11.9. The molecule has 0 aromatic heterocycles. The molecular formula is C61H104O6. The topological polar surface area (TPSA) is 78.9 Å². The number of hydrogen-bond donors (Lipinski definition) is 0. The second kappa shape index (κ2) is 55.2. The number of unbranched alkanes of at least 4 members (excludes halogenated alkanes) is 25. The number of rotatable bonds is 50. The molecule has 0 aromatic carbocycles. The predicted molar refractivity (Wildman–Crippen MR) is 288 cm³/mol. The van der Waals surface area contributed by atoms with Crippen LogP contribution in [0, 0.1) is 0 Å². The Morgan fingerprint density at radius 1 is 0.313 bits per heavy atom. The van der Waals surface area contributed by atoms with Gasteiger partial charge in [0, 0.05) is 19.3 Å². The molecule has 6 nitrogen and oxygen atoms in total. The van der Waals surface area contributed by atoms with Gasteiger partial charge in [0.1, 0.15) is 13.2 Å². The van der Waals surface area contributed by atoms with E-state index in [1.165, 1.54) is 128 Å². The van der Waals surface area contributed by atoms with E-state index in [1.54, 1.807) is 0 Å². The van der Waals surface area contributed by atoms with Gasteiger partial charge in [0.25, 0.3) is 0 Å². The van der Waals surface area contributed by atoms with Crippen LogP contribution in [0.5, 0.6) is 0 Å². The van der Waals surface area contributed by atoms with Gasteiger partial charge < -0.3 is 14.2 Å². The van der Waals surface area contributed by atoms with Crippen molar-refractivity contribution in [1.29, 1.82) is 0 Å². The summed E-state index contributed by atoms with van der Waals surface area (Å²) in [5.41, 5.74) is 0. The van der Waals surface area contributed by atoms with Gasteiger partial charge in [-0.3, -0.25) is 14.4 Å². The molecule has 0 aliphatic heterocycles. The van der Waals surface area contributed by atoms with Gasteiger partial charge in [-0.2, -0.15) is 0 Å². The fourth-order valence-corrected chi connectivity index (χ4v) is 7.63. The smallest absolute Gasteiger partial charge is 0.306 e. The Balaban J connectivity index is 4.46. The first-order valence-corrected chi connectivity index (χ1v) is 28.1. The van der Waals surface area contributed by atoms with Crippen molar-refractivity contribution in [2.24, 2.45) is 0 Å². The summed E-state index contributed by atoms with van der Waals surface area (Å²) in [4.78, 5) is 38.1. The highest BCUT2D eigenvalue weighted by Gasteiger charge is 2.19. The summed E-state index contributed by atoms with van der Waals surface area (Å²) in [6.07, 6.45) is 71.4. The first kappa shape index (κ1) is 63.6. The highest BCUT2D eigenvalue weighted by Crippen LogP contribution is 2.14. The second-order valence-electron chi connectivity index (χ2n) is 18.5. The Labute approximate surface area is 414 Å². The largest absolute Gasteiger partial charge is 0.462 e. The van der Waals surface area contributed by atoms with Crippen molar-refractivity contribution >= 4 is 17.9 Å². The standard InChI is InChI=1S/C61H104O6/c1-4-7-10-13-16-19-22-25-28-30-33-36-39-42-45-48-51-54-60(63)66-57-58(56-65-59(62)53-50-47-44-41-38-35-32-27-24-21-18-15-12-9-6-3)67-61(64)55-52-49-46-43-40-37-34-31-29-26-23-20-17-14-11-8-5-2/h9,12,16,18-19,21,25-29,32,38,41,58H,4-8,10-11,13-15,17,20,22-24,30-31,33-37,39-40,42-57H2,1-3H3/b12-9-,19-16-,21-18-,28-25-,29-26-,32-27-,41-38-/t58-/m1/s1. The van der Waals surface area contributed by atoms with Crippen LogP contribution < -0.4 is 0 Å². The van der Waals surface area contributed by atoms with E-state index in [4.69, 9.17) is 14.2 Å². The van der Waals surface area contributed by atoms with Crippen molar-refractivity contribution in [3.8, 4) is 0 Å². The molecule has 0 heterocycles. The Bertz CT molecular complexity index is 1300. The zero-order chi connectivity index (χ0) is 48.6. The van der Waals surface area contributed by atoms with Crippen LogP contribution in [0.3, 0.4) is 0 Å². The molecule has 0 fully saturated rings. The second-order valence-corrected chi connectivity index (χ2v) is 18.5. The number of carbonyl (C=O) groups excluding carboxylic acids is 3. The zero-order valence-electron chi connectivity index (χ0n) is 43.9. The maximum absolute atomic E-state index is 12.8. The van der Waals surface area contributed by atoms with Gasteiger partial charge in [-0.25, -0.2) is 0 Å². The molecule has 0 amide bonds. The van der Waals surface area contributed by atoms with Gasteiger partial charge >= 0.3 is 17.9 Å². The van der Waals surface area contributed by atoms with Crippen LogP contribution in [0.2, 0.25) is 0 Å². The number of carbonyl (C=O) groups is 3. The van der Waals surface area contributed by atoms with E-state index in [0.29, 0.717) is 19.3 Å². The molecule has 0 unspecified atom stereocenters. The molecule has 0 radical (unpaired) electrons. The highest BCUT2D eigenvalue weighted by molar-refractivity contribution is 5.71. The maximum atomic E-state index is 12.8. The summed E-state index contributed by atoms with van der Waals surface area (Å²) in [5, 5.41) is 0. The van der Waals surface area contributed by atoms with Crippen molar-refractivity contribution < 1.29 is 28.6 Å². The van der Waals surface area contributed by atoms with E-state index in [2.05, 4.69) is 106 Å². The summed E-state index contributed by atoms with van der Waals surface area (Å²) in [7, 11) is 0. The van der Waals surface area contributed by atoms with Gasteiger partial charge in [-0.15, -0.1) is 0 Å². The van der Waals surface area contributed by atoms with Crippen molar-refractivity contribution in [3.63, 3.8) is 0 Å². The maximum Gasteiger partial charge on any atom is 0.306 e. The van der Waals surface area contributed by atoms with Crippen LogP contribution in [0.25, 0.3) is 0 Å². The van der Waals surface area contributed by atoms with Gasteiger partial charge in [0.05, 0.1) is 0 Å². The third-order valence-electron chi connectivity index (χ3n) is 11.9.